The molecule has 0 spiro atoms. The molecule has 3 rings (SSSR count). The second-order valence-corrected chi connectivity index (χ2v) is 7.82. The molecule has 0 bridgehead atoms. The molecule has 0 aromatic carbocycles. The first-order valence-corrected chi connectivity index (χ1v) is 9.70. The number of thioether (sulfide) groups is 1. The van der Waals surface area contributed by atoms with Gasteiger partial charge in [0.2, 0.25) is 5.91 Å². The second kappa shape index (κ2) is 6.86. The Balaban J connectivity index is 1.67. The number of aromatic nitrogens is 2. The average Bonchev–Trinajstić information content (AvgIpc) is 3.20. The maximum absolute atomic E-state index is 12.2. The highest BCUT2D eigenvalue weighted by Crippen LogP contribution is 2.21. The van der Waals surface area contributed by atoms with Gasteiger partial charge in [0.15, 0.2) is 5.16 Å². The van der Waals surface area contributed by atoms with Crippen LogP contribution >= 0.6 is 34.4 Å². The quantitative estimate of drug-likeness (QED) is 0.558. The van der Waals surface area contributed by atoms with Crippen molar-refractivity contribution in [2.45, 2.75) is 18.1 Å². The fourth-order valence-electron chi connectivity index (χ4n) is 2.12. The molecular weight excluding hydrogens is 350 g/mol. The van der Waals surface area contributed by atoms with Crippen molar-refractivity contribution in [1.82, 2.24) is 14.9 Å². The van der Waals surface area contributed by atoms with Crippen LogP contribution in [-0.2, 0) is 11.8 Å². The lowest BCUT2D eigenvalue weighted by atomic mass is 10.3. The Morgan fingerprint density at radius 2 is 2.22 bits per heavy atom. The Hall–Kier alpha value is -1.64. The fourth-order valence-corrected chi connectivity index (χ4v) is 4.44. The van der Waals surface area contributed by atoms with Crippen LogP contribution in [0.1, 0.15) is 17.8 Å². The molecule has 1 amide bonds. The van der Waals surface area contributed by atoms with E-state index in [4.69, 9.17) is 0 Å². The Morgan fingerprint density at radius 3 is 2.96 bits per heavy atom. The van der Waals surface area contributed by atoms with Crippen LogP contribution in [0.2, 0.25) is 0 Å². The van der Waals surface area contributed by atoms with Crippen LogP contribution in [0.15, 0.2) is 38.9 Å². The highest BCUT2D eigenvalue weighted by molar-refractivity contribution is 7.99. The highest BCUT2D eigenvalue weighted by Gasteiger charge is 2.14. The van der Waals surface area contributed by atoms with Gasteiger partial charge in [-0.1, -0.05) is 17.8 Å². The van der Waals surface area contributed by atoms with Crippen LogP contribution < -0.4 is 10.9 Å². The van der Waals surface area contributed by atoms with E-state index >= 15 is 0 Å². The van der Waals surface area contributed by atoms with Crippen molar-refractivity contribution in [1.29, 1.82) is 0 Å². The summed E-state index contributed by atoms with van der Waals surface area (Å²) in [6.45, 7) is 1.96. The van der Waals surface area contributed by atoms with Gasteiger partial charge in [0.05, 0.1) is 17.3 Å². The number of nitrogens with one attached hydrogen (secondary N) is 1. The predicted octanol–water partition coefficient (Wildman–Crippen LogP) is 3.03. The smallest absolute Gasteiger partial charge is 0.271 e. The molecule has 0 fully saturated rings. The molecular formula is C15H15N3O2S3. The number of carbonyl (C=O) groups is 1. The third kappa shape index (κ3) is 3.49. The van der Waals surface area contributed by atoms with Gasteiger partial charge in [0.1, 0.15) is 4.70 Å². The van der Waals surface area contributed by atoms with Crippen molar-refractivity contribution in [2.75, 3.05) is 5.75 Å². The first-order valence-electron chi connectivity index (χ1n) is 6.96. The molecule has 8 heteroatoms. The van der Waals surface area contributed by atoms with Gasteiger partial charge < -0.3 is 5.32 Å². The predicted molar refractivity (Wildman–Crippen MR) is 96.5 cm³/mol. The van der Waals surface area contributed by atoms with E-state index in [1.165, 1.54) is 27.7 Å². The van der Waals surface area contributed by atoms with E-state index < -0.39 is 0 Å². The maximum Gasteiger partial charge on any atom is 0.271 e. The number of rotatable bonds is 5. The standard InChI is InChI=1S/C15H15N3O2S3/c1-9(11-4-3-6-21-11)16-12(19)8-23-15-17-10-5-7-22-13(10)14(20)18(15)2/h3-7,9H,8H2,1-2H3,(H,16,19). The molecule has 3 heterocycles. The number of fused-ring (bicyclic) bond motifs is 1. The molecule has 5 nitrogen and oxygen atoms in total. The maximum atomic E-state index is 12.2. The van der Waals surface area contributed by atoms with E-state index in [0.29, 0.717) is 15.4 Å². The second-order valence-electron chi connectivity index (χ2n) is 4.99. The Labute approximate surface area is 145 Å². The Kier molecular flexibility index (Phi) is 4.84. The van der Waals surface area contributed by atoms with Crippen LogP contribution in [-0.4, -0.2) is 21.2 Å². The number of hydrogen-bond donors (Lipinski definition) is 1. The summed E-state index contributed by atoms with van der Waals surface area (Å²) in [7, 11) is 1.68. The summed E-state index contributed by atoms with van der Waals surface area (Å²) >= 11 is 4.28. The molecule has 0 saturated carbocycles. The van der Waals surface area contributed by atoms with Crippen LogP contribution in [0.4, 0.5) is 0 Å². The summed E-state index contributed by atoms with van der Waals surface area (Å²) in [4.78, 5) is 29.9. The largest absolute Gasteiger partial charge is 0.348 e. The number of carbonyl (C=O) groups excluding carboxylic acids is 1. The van der Waals surface area contributed by atoms with E-state index in [-0.39, 0.29) is 23.3 Å². The summed E-state index contributed by atoms with van der Waals surface area (Å²) in [6.07, 6.45) is 0. The molecule has 3 aromatic heterocycles. The molecule has 120 valence electrons. The summed E-state index contributed by atoms with van der Waals surface area (Å²) in [5.74, 6) is 0.154. The number of hydrogen-bond acceptors (Lipinski definition) is 6. The van der Waals surface area contributed by atoms with Crippen molar-refractivity contribution >= 4 is 50.6 Å². The topological polar surface area (TPSA) is 64.0 Å². The van der Waals surface area contributed by atoms with Crippen molar-refractivity contribution in [2.24, 2.45) is 7.05 Å². The van der Waals surface area contributed by atoms with Crippen LogP contribution in [0.5, 0.6) is 0 Å². The van der Waals surface area contributed by atoms with Gasteiger partial charge in [-0.3, -0.25) is 14.2 Å². The molecule has 1 atom stereocenters. The summed E-state index contributed by atoms with van der Waals surface area (Å²) < 4.78 is 2.15. The first kappa shape index (κ1) is 16.2. The van der Waals surface area contributed by atoms with E-state index in [0.717, 1.165) is 4.88 Å². The zero-order valence-corrected chi connectivity index (χ0v) is 15.1. The summed E-state index contributed by atoms with van der Waals surface area (Å²) in [5, 5.41) is 7.35. The monoisotopic (exact) mass is 365 g/mol. The van der Waals surface area contributed by atoms with Gasteiger partial charge in [0.25, 0.3) is 5.56 Å². The fraction of sp³-hybridized carbons (Fsp3) is 0.267. The van der Waals surface area contributed by atoms with Gasteiger partial charge in [-0.15, -0.1) is 22.7 Å². The van der Waals surface area contributed by atoms with Crippen molar-refractivity contribution in [3.8, 4) is 0 Å². The molecule has 1 unspecified atom stereocenters. The van der Waals surface area contributed by atoms with Gasteiger partial charge in [-0.25, -0.2) is 4.98 Å². The van der Waals surface area contributed by atoms with Crippen molar-refractivity contribution in [3.63, 3.8) is 0 Å². The minimum absolute atomic E-state index is 0.0146. The lowest BCUT2D eigenvalue weighted by molar-refractivity contribution is -0.119. The zero-order valence-electron chi connectivity index (χ0n) is 12.6. The molecule has 1 N–H and O–H groups in total. The SMILES string of the molecule is CC(NC(=O)CSc1nc2ccsc2c(=O)n1C)c1cccs1. The third-order valence-corrected chi connectivity index (χ3v) is 6.30. The van der Waals surface area contributed by atoms with Crippen molar-refractivity contribution in [3.05, 3.63) is 44.2 Å². The zero-order chi connectivity index (χ0) is 16.4. The van der Waals surface area contributed by atoms with E-state index in [2.05, 4.69) is 10.3 Å². The Bertz CT molecular complexity index is 883. The van der Waals surface area contributed by atoms with Crippen LogP contribution in [0.25, 0.3) is 10.2 Å². The number of nitrogens with zero attached hydrogens (tertiary/aromatic N) is 2. The average molecular weight is 366 g/mol. The minimum atomic E-state index is -0.0736. The van der Waals surface area contributed by atoms with Gasteiger partial charge in [-0.2, -0.15) is 0 Å². The highest BCUT2D eigenvalue weighted by atomic mass is 32.2. The van der Waals surface area contributed by atoms with Crippen molar-refractivity contribution < 1.29 is 4.79 Å². The van der Waals surface area contributed by atoms with E-state index in [9.17, 15) is 9.59 Å². The molecule has 0 radical (unpaired) electrons. The number of amides is 1. The lowest BCUT2D eigenvalue weighted by Gasteiger charge is -2.12. The number of thiophene rings is 2. The normalized spacial score (nSPS) is 12.4. The summed E-state index contributed by atoms with van der Waals surface area (Å²) in [5.41, 5.74) is 0.618. The molecule has 23 heavy (non-hydrogen) atoms. The van der Waals surface area contributed by atoms with Crippen LogP contribution in [0.3, 0.4) is 0 Å². The molecule has 0 saturated heterocycles. The molecule has 0 aliphatic carbocycles. The van der Waals surface area contributed by atoms with Gasteiger partial charge in [-0.05, 0) is 29.8 Å². The van der Waals surface area contributed by atoms with Crippen LogP contribution in [0, 0.1) is 0 Å². The molecule has 3 aromatic rings. The molecule has 0 aliphatic rings. The first-order chi connectivity index (χ1) is 11.1. The van der Waals surface area contributed by atoms with Gasteiger partial charge in [0, 0.05) is 11.9 Å². The van der Waals surface area contributed by atoms with Gasteiger partial charge >= 0.3 is 0 Å². The lowest BCUT2D eigenvalue weighted by Crippen LogP contribution is -2.28. The third-order valence-electron chi connectivity index (χ3n) is 3.33. The minimum Gasteiger partial charge on any atom is -0.348 e. The molecule has 0 aliphatic heterocycles. The summed E-state index contributed by atoms with van der Waals surface area (Å²) in [6, 6.07) is 5.77. The van der Waals surface area contributed by atoms with E-state index in [1.807, 2.05) is 35.9 Å². The Morgan fingerprint density at radius 1 is 1.39 bits per heavy atom. The van der Waals surface area contributed by atoms with E-state index in [1.54, 1.807) is 18.4 Å².